The number of fused-ring (bicyclic) bond motifs is 3. The minimum absolute atomic E-state index is 0. The molecule has 0 heterocycles. The average Bonchev–Trinajstić information content (AvgIpc) is 3.68. The van der Waals surface area contributed by atoms with Crippen LogP contribution < -0.4 is 24.8 Å². The number of hydrogen-bond acceptors (Lipinski definition) is 0. The fourth-order valence-corrected chi connectivity index (χ4v) is 16.8. The summed E-state index contributed by atoms with van der Waals surface area (Å²) in [5.41, 5.74) is 14.2. The fourth-order valence-electron chi connectivity index (χ4n) is 7.67. The van der Waals surface area contributed by atoms with Crippen LogP contribution in [0.3, 0.4) is 0 Å². The molecule has 3 heteroatoms. The van der Waals surface area contributed by atoms with Crippen molar-refractivity contribution in [3.05, 3.63) is 165 Å². The Morgan fingerprint density at radius 3 is 1.59 bits per heavy atom. The monoisotopic (exact) mass is 758 g/mol. The predicted octanol–water partition coefficient (Wildman–Crippen LogP) is 6.63. The zero-order valence-corrected chi connectivity index (χ0v) is 33.3. The second kappa shape index (κ2) is 15.9. The Kier molecular flexibility index (Phi) is 12.0. The first-order valence-corrected chi connectivity index (χ1v) is 21.3. The molecule has 0 fully saturated rings. The van der Waals surface area contributed by atoms with Gasteiger partial charge < -0.3 is 24.8 Å². The minimum atomic E-state index is -2.71. The molecule has 248 valence electrons. The summed E-state index contributed by atoms with van der Waals surface area (Å²) in [6.07, 6.45) is 9.11. The molecule has 7 rings (SSSR count). The second-order valence-electron chi connectivity index (χ2n) is 14.4. The van der Waals surface area contributed by atoms with Gasteiger partial charge in [0.1, 0.15) is 0 Å². The maximum absolute atomic E-state index is 2.71. The Hall–Kier alpha value is -3.09. The molecule has 0 nitrogen and oxygen atoms in total. The van der Waals surface area contributed by atoms with E-state index in [1.165, 1.54) is 74.9 Å². The molecule has 0 amide bonds. The van der Waals surface area contributed by atoms with E-state index in [1.54, 1.807) is 6.49 Å². The van der Waals surface area contributed by atoms with Gasteiger partial charge in [0, 0.05) is 0 Å². The SMILES string of the molecule is CCCCC1C=C(C(C)(C)C)C=[C]1/[Zr+2](=[C](/C)c1ccccc1)[CH]1c2cc(-c3ccccc3)ccc2-c2ccc(-c3ccccc3)cc21.[Cl-].[Cl-]. The van der Waals surface area contributed by atoms with Crippen molar-refractivity contribution in [3.8, 4) is 33.4 Å². The number of rotatable bonds is 8. The van der Waals surface area contributed by atoms with Gasteiger partial charge >= 0.3 is 292 Å². The quantitative estimate of drug-likeness (QED) is 0.167. The van der Waals surface area contributed by atoms with Crippen molar-refractivity contribution in [3.63, 3.8) is 0 Å². The molecule has 0 radical (unpaired) electrons. The van der Waals surface area contributed by atoms with E-state index < -0.39 is 21.3 Å². The van der Waals surface area contributed by atoms with E-state index >= 15 is 0 Å². The first kappa shape index (κ1) is 37.2. The van der Waals surface area contributed by atoms with Crippen LogP contribution in [0, 0.1) is 11.3 Å². The van der Waals surface area contributed by atoms with Gasteiger partial charge in [0.15, 0.2) is 0 Å². The molecule has 1 unspecified atom stereocenters. The van der Waals surface area contributed by atoms with E-state index in [1.807, 2.05) is 0 Å². The Bertz CT molecular complexity index is 1910. The summed E-state index contributed by atoms with van der Waals surface area (Å²) < 4.78 is 3.84. The zero-order chi connectivity index (χ0) is 32.5. The third kappa shape index (κ3) is 7.51. The van der Waals surface area contributed by atoms with E-state index in [-0.39, 0.29) is 30.2 Å². The molecule has 0 bridgehead atoms. The van der Waals surface area contributed by atoms with E-state index in [0.29, 0.717) is 9.54 Å². The standard InChI is InChI=1S/C25H17.C13H21.C8H8.2ClH.Zr/c1-3-7-18(8-4-1)20-11-13-24-22(15-20)17-23-16-21(12-14-25(23)24)19-9-5-2-6-10-19;1-5-6-7-11-8-9-12(10-11)13(2,3)4;1-2-8-6-4-3-5-7-8;;;/h1-17H;9-11H,5-7H2,1-4H3;3-7H,1H3;2*1H;/q;;;;;+2/p-2. The third-order valence-electron chi connectivity index (χ3n) is 10.3. The summed E-state index contributed by atoms with van der Waals surface area (Å²) in [5.74, 6) is 0.527. The second-order valence-corrected chi connectivity index (χ2v) is 21.1. The number of halogens is 2. The predicted molar refractivity (Wildman–Crippen MR) is 199 cm³/mol. The van der Waals surface area contributed by atoms with Crippen LogP contribution in [0.25, 0.3) is 33.4 Å². The average molecular weight is 761 g/mol. The van der Waals surface area contributed by atoms with Crippen LogP contribution in [0.2, 0.25) is 0 Å². The van der Waals surface area contributed by atoms with Gasteiger partial charge in [0.25, 0.3) is 0 Å². The summed E-state index contributed by atoms with van der Waals surface area (Å²) >= 11 is -2.71. The topological polar surface area (TPSA) is 0 Å². The summed E-state index contributed by atoms with van der Waals surface area (Å²) in [6, 6.07) is 47.9. The Labute approximate surface area is 314 Å². The molecular formula is C46H46Cl2Zr. The van der Waals surface area contributed by atoms with E-state index in [9.17, 15) is 0 Å². The van der Waals surface area contributed by atoms with Gasteiger partial charge in [-0.25, -0.2) is 0 Å². The Balaban J connectivity index is 0.00000234. The molecule has 0 N–H and O–H groups in total. The van der Waals surface area contributed by atoms with Gasteiger partial charge in [-0.2, -0.15) is 0 Å². The maximum Gasteiger partial charge on any atom is -1.00 e. The summed E-state index contributed by atoms with van der Waals surface area (Å²) in [6.45, 7) is 12.0. The van der Waals surface area contributed by atoms with Crippen molar-refractivity contribution in [2.75, 3.05) is 0 Å². The van der Waals surface area contributed by atoms with Crippen LogP contribution >= 0.6 is 0 Å². The molecule has 0 saturated heterocycles. The molecular weight excluding hydrogens is 715 g/mol. The first-order valence-electron chi connectivity index (χ1n) is 17.4. The first-order chi connectivity index (χ1) is 22.8. The third-order valence-corrected chi connectivity index (χ3v) is 18.7. The van der Waals surface area contributed by atoms with Gasteiger partial charge in [-0.15, -0.1) is 0 Å². The summed E-state index contributed by atoms with van der Waals surface area (Å²) in [5, 5.41) is 0. The minimum Gasteiger partial charge on any atom is -1.00 e. The summed E-state index contributed by atoms with van der Waals surface area (Å²) in [7, 11) is 0. The van der Waals surface area contributed by atoms with Gasteiger partial charge in [-0.05, 0) is 0 Å². The number of benzene rings is 5. The molecule has 5 aromatic carbocycles. The van der Waals surface area contributed by atoms with E-state index in [2.05, 4.69) is 174 Å². The van der Waals surface area contributed by atoms with Gasteiger partial charge in [-0.3, -0.25) is 0 Å². The maximum atomic E-state index is 2.70. The Morgan fingerprint density at radius 2 is 1.12 bits per heavy atom. The van der Waals surface area contributed by atoms with Crippen LogP contribution in [-0.4, -0.2) is 3.21 Å². The Morgan fingerprint density at radius 1 is 0.633 bits per heavy atom. The number of unbranched alkanes of at least 4 members (excludes halogenated alkanes) is 1. The van der Waals surface area contributed by atoms with Crippen molar-refractivity contribution in [1.29, 1.82) is 0 Å². The molecule has 2 aliphatic carbocycles. The van der Waals surface area contributed by atoms with Crippen LogP contribution in [0.15, 0.2) is 148 Å². The largest absolute Gasteiger partial charge is 1.00 e. The van der Waals surface area contributed by atoms with Crippen LogP contribution in [0.5, 0.6) is 0 Å². The van der Waals surface area contributed by atoms with Crippen molar-refractivity contribution in [1.82, 2.24) is 0 Å². The normalized spacial score (nSPS) is 15.3. The van der Waals surface area contributed by atoms with Gasteiger partial charge in [-0.1, -0.05) is 0 Å². The van der Waals surface area contributed by atoms with Crippen LogP contribution in [0.4, 0.5) is 0 Å². The molecule has 0 aliphatic heterocycles. The molecule has 0 aromatic heterocycles. The van der Waals surface area contributed by atoms with Crippen LogP contribution in [-0.2, 0) is 21.3 Å². The van der Waals surface area contributed by atoms with Crippen LogP contribution in [0.1, 0.15) is 74.2 Å². The van der Waals surface area contributed by atoms with Crippen molar-refractivity contribution in [2.45, 2.75) is 57.5 Å². The molecule has 1 atom stereocenters. The molecule has 0 spiro atoms. The van der Waals surface area contributed by atoms with Crippen molar-refractivity contribution >= 4 is 3.21 Å². The summed E-state index contributed by atoms with van der Waals surface area (Å²) in [4.78, 5) is 0. The van der Waals surface area contributed by atoms with Crippen molar-refractivity contribution < 1.29 is 46.1 Å². The molecule has 5 aromatic rings. The zero-order valence-electron chi connectivity index (χ0n) is 29.3. The van der Waals surface area contributed by atoms with Crippen molar-refractivity contribution in [2.24, 2.45) is 11.3 Å². The van der Waals surface area contributed by atoms with E-state index in [0.717, 1.165) is 0 Å². The fraction of sp³-hybridized carbons (Fsp3) is 0.239. The smallest absolute Gasteiger partial charge is 1.00 e. The molecule has 49 heavy (non-hydrogen) atoms. The van der Waals surface area contributed by atoms with E-state index in [4.69, 9.17) is 0 Å². The number of allylic oxidation sites excluding steroid dienone is 4. The molecule has 2 aliphatic rings. The molecule has 0 saturated carbocycles. The van der Waals surface area contributed by atoms with Gasteiger partial charge in [0.2, 0.25) is 0 Å². The van der Waals surface area contributed by atoms with Gasteiger partial charge in [0.05, 0.1) is 0 Å². The number of hydrogen-bond donors (Lipinski definition) is 0.